The second kappa shape index (κ2) is 5.27. The first-order valence-corrected chi connectivity index (χ1v) is 7.23. The molecule has 6 nitrogen and oxygen atoms in total. The van der Waals surface area contributed by atoms with E-state index in [1.165, 1.54) is 12.3 Å². The van der Waals surface area contributed by atoms with Crippen molar-refractivity contribution in [3.8, 4) is 0 Å². The maximum absolute atomic E-state index is 13.3. The normalized spacial score (nSPS) is 11.5. The second-order valence-electron chi connectivity index (χ2n) is 3.47. The van der Waals surface area contributed by atoms with Gasteiger partial charge in [0.2, 0.25) is 0 Å². The molecule has 9 heteroatoms. The summed E-state index contributed by atoms with van der Waals surface area (Å²) < 4.78 is 44.4. The van der Waals surface area contributed by atoms with Gasteiger partial charge >= 0.3 is 0 Å². The van der Waals surface area contributed by atoms with Crippen LogP contribution in [0.1, 0.15) is 5.76 Å². The molecule has 2 aromatic rings. The molecule has 0 aromatic carbocycles. The Kier molecular flexibility index (Phi) is 3.88. The molecule has 2 N–H and O–H groups in total. The molecule has 0 radical (unpaired) electrons. The monoisotopic (exact) mass is 350 g/mol. The van der Waals surface area contributed by atoms with Gasteiger partial charge in [0.05, 0.1) is 11.9 Å². The Morgan fingerprint density at radius 2 is 2.26 bits per heavy atom. The largest absolute Gasteiger partial charge is 0.450 e. The number of aromatic nitrogens is 1. The first-order chi connectivity index (χ1) is 8.94. The molecule has 0 amide bonds. The van der Waals surface area contributed by atoms with Crippen molar-refractivity contribution in [2.24, 2.45) is 0 Å². The van der Waals surface area contributed by atoms with Gasteiger partial charge in [-0.3, -0.25) is 9.71 Å². The zero-order valence-corrected chi connectivity index (χ0v) is 11.7. The van der Waals surface area contributed by atoms with Crippen LogP contribution in [0.2, 0.25) is 0 Å². The molecule has 102 valence electrons. The van der Waals surface area contributed by atoms with Gasteiger partial charge in [0.15, 0.2) is 10.5 Å². The second-order valence-corrected chi connectivity index (χ2v) is 5.84. The minimum Gasteiger partial charge on any atom is -0.450 e. The Balaban J connectivity index is 2.38. The lowest BCUT2D eigenvalue weighted by Crippen LogP contribution is -2.13. The zero-order chi connectivity index (χ0) is 14.0. The van der Waals surface area contributed by atoms with Gasteiger partial charge in [0.25, 0.3) is 10.0 Å². The van der Waals surface area contributed by atoms with Gasteiger partial charge < -0.3 is 9.52 Å². The molecule has 0 bridgehead atoms. The van der Waals surface area contributed by atoms with Crippen molar-refractivity contribution in [3.05, 3.63) is 40.8 Å². The van der Waals surface area contributed by atoms with Crippen LogP contribution in [0.3, 0.4) is 0 Å². The molecule has 0 saturated heterocycles. The highest BCUT2D eigenvalue weighted by atomic mass is 79.9. The molecule has 0 aliphatic heterocycles. The lowest BCUT2D eigenvalue weighted by molar-refractivity contribution is 0.245. The Bertz CT molecular complexity index is 701. The summed E-state index contributed by atoms with van der Waals surface area (Å²) in [7, 11) is -4.03. The number of furan rings is 1. The third kappa shape index (κ3) is 2.94. The third-order valence-electron chi connectivity index (χ3n) is 2.17. The van der Waals surface area contributed by atoms with Crippen LogP contribution >= 0.6 is 15.9 Å². The third-order valence-corrected chi connectivity index (χ3v) is 4.39. The summed E-state index contributed by atoms with van der Waals surface area (Å²) in [4.78, 5) is 3.28. The predicted octanol–water partition coefficient (Wildman–Crippen LogP) is 1.87. The fourth-order valence-corrected chi connectivity index (χ4v) is 3.38. The number of sulfonamides is 1. The molecule has 0 aliphatic rings. The number of rotatable bonds is 4. The number of aliphatic hydroxyl groups excluding tert-OH is 1. The van der Waals surface area contributed by atoms with E-state index in [0.717, 1.165) is 12.3 Å². The average Bonchev–Trinajstić information content (AvgIpc) is 2.74. The number of nitrogens with one attached hydrogen (secondary N) is 1. The predicted molar refractivity (Wildman–Crippen MR) is 67.3 cm³/mol. The number of hydrogen-bond donors (Lipinski definition) is 2. The van der Waals surface area contributed by atoms with Crippen molar-refractivity contribution in [2.45, 2.75) is 11.5 Å². The fourth-order valence-electron chi connectivity index (χ4n) is 1.32. The number of nitrogens with zero attached hydrogens (tertiary/aromatic N) is 1. The first kappa shape index (κ1) is 14.0. The molecule has 0 spiro atoms. The Morgan fingerprint density at radius 1 is 1.53 bits per heavy atom. The minimum absolute atomic E-state index is 0.0708. The summed E-state index contributed by atoms with van der Waals surface area (Å²) in [6.07, 6.45) is 2.14. The van der Waals surface area contributed by atoms with E-state index in [-0.39, 0.29) is 21.0 Å². The topological polar surface area (TPSA) is 92.4 Å². The molecular formula is C10H8BrFN2O4S. The van der Waals surface area contributed by atoms with Crippen molar-refractivity contribution in [1.29, 1.82) is 0 Å². The van der Waals surface area contributed by atoms with E-state index in [1.54, 1.807) is 0 Å². The van der Waals surface area contributed by atoms with E-state index in [9.17, 15) is 12.8 Å². The molecule has 0 atom stereocenters. The van der Waals surface area contributed by atoms with Gasteiger partial charge in [-0.2, -0.15) is 0 Å². The number of hydrogen-bond acceptors (Lipinski definition) is 5. The summed E-state index contributed by atoms with van der Waals surface area (Å²) in [5.41, 5.74) is -0.228. The lowest BCUT2D eigenvalue weighted by atomic mass is 10.4. The highest BCUT2D eigenvalue weighted by molar-refractivity contribution is 9.10. The smallest absolute Gasteiger partial charge is 0.266 e. The van der Waals surface area contributed by atoms with E-state index in [4.69, 9.17) is 9.52 Å². The molecule has 2 heterocycles. The van der Waals surface area contributed by atoms with Gasteiger partial charge in [-0.05, 0) is 22.0 Å². The van der Waals surface area contributed by atoms with E-state index in [2.05, 4.69) is 25.6 Å². The number of halogens is 2. The van der Waals surface area contributed by atoms with E-state index in [0.29, 0.717) is 0 Å². The molecule has 0 fully saturated rings. The van der Waals surface area contributed by atoms with Crippen molar-refractivity contribution in [1.82, 2.24) is 4.98 Å². The summed E-state index contributed by atoms with van der Waals surface area (Å²) >= 11 is 2.92. The number of aliphatic hydroxyl groups is 1. The Labute approximate surface area is 116 Å². The van der Waals surface area contributed by atoms with Gasteiger partial charge in [-0.15, -0.1) is 0 Å². The first-order valence-electron chi connectivity index (χ1n) is 4.95. The van der Waals surface area contributed by atoms with Crippen LogP contribution in [-0.2, 0) is 16.6 Å². The van der Waals surface area contributed by atoms with Gasteiger partial charge in [0.1, 0.15) is 17.3 Å². The highest BCUT2D eigenvalue weighted by Gasteiger charge is 2.23. The van der Waals surface area contributed by atoms with Crippen molar-refractivity contribution in [3.63, 3.8) is 0 Å². The van der Waals surface area contributed by atoms with Crippen LogP contribution < -0.4 is 4.72 Å². The van der Waals surface area contributed by atoms with Crippen LogP contribution in [0.5, 0.6) is 0 Å². The minimum atomic E-state index is -4.03. The Hall–Kier alpha value is -1.45. The molecule has 0 aliphatic carbocycles. The maximum atomic E-state index is 13.3. The summed E-state index contributed by atoms with van der Waals surface area (Å²) in [5, 5.41) is 8.88. The summed E-state index contributed by atoms with van der Waals surface area (Å²) in [5.74, 6) is -0.726. The quantitative estimate of drug-likeness (QED) is 0.877. The number of anilines is 1. The van der Waals surface area contributed by atoms with Crippen LogP contribution in [0.15, 0.2) is 38.5 Å². The van der Waals surface area contributed by atoms with Crippen molar-refractivity contribution < 1.29 is 22.3 Å². The van der Waals surface area contributed by atoms with Crippen molar-refractivity contribution >= 4 is 31.6 Å². The summed E-state index contributed by atoms with van der Waals surface area (Å²) in [6.45, 7) is -0.447. The lowest BCUT2D eigenvalue weighted by Gasteiger charge is -2.06. The van der Waals surface area contributed by atoms with Crippen molar-refractivity contribution in [2.75, 3.05) is 4.72 Å². The average molecular weight is 351 g/mol. The standard InChI is InChI=1S/C10H8BrFN2O4S/c11-10-9(3-6(5-15)18-10)19(16,17)14-8-1-2-13-4-7(8)12/h1-4,15H,5H2,(H,13,14). The van der Waals surface area contributed by atoms with Crippen LogP contribution in [0.4, 0.5) is 10.1 Å². The van der Waals surface area contributed by atoms with Crippen LogP contribution in [0, 0.1) is 5.82 Å². The Morgan fingerprint density at radius 3 is 2.84 bits per heavy atom. The molecule has 19 heavy (non-hydrogen) atoms. The molecule has 0 saturated carbocycles. The van der Waals surface area contributed by atoms with Gasteiger partial charge in [0, 0.05) is 12.3 Å². The van der Waals surface area contributed by atoms with Gasteiger partial charge in [-0.1, -0.05) is 0 Å². The zero-order valence-electron chi connectivity index (χ0n) is 9.30. The molecule has 2 rings (SSSR count). The van der Waals surface area contributed by atoms with Crippen LogP contribution in [-0.4, -0.2) is 18.5 Å². The molecule has 2 aromatic heterocycles. The van der Waals surface area contributed by atoms with Crippen LogP contribution in [0.25, 0.3) is 0 Å². The van der Waals surface area contributed by atoms with E-state index < -0.39 is 22.4 Å². The van der Waals surface area contributed by atoms with E-state index >= 15 is 0 Å². The molecular weight excluding hydrogens is 343 g/mol. The van der Waals surface area contributed by atoms with Gasteiger partial charge in [-0.25, -0.2) is 12.8 Å². The SMILES string of the molecule is O=S(=O)(Nc1ccncc1F)c1cc(CO)oc1Br. The maximum Gasteiger partial charge on any atom is 0.266 e. The van der Waals surface area contributed by atoms with E-state index in [1.807, 2.05) is 0 Å². The molecule has 0 unspecified atom stereocenters. The fraction of sp³-hybridized carbons (Fsp3) is 0.100. The highest BCUT2D eigenvalue weighted by Crippen LogP contribution is 2.28. The number of pyridine rings is 1. The summed E-state index contributed by atoms with van der Waals surface area (Å²) in [6, 6.07) is 2.33.